The van der Waals surface area contributed by atoms with Crippen molar-refractivity contribution in [2.75, 3.05) is 6.61 Å². The van der Waals surface area contributed by atoms with Crippen molar-refractivity contribution in [3.05, 3.63) is 0 Å². The van der Waals surface area contributed by atoms with E-state index in [1.165, 1.54) is 0 Å². The van der Waals surface area contributed by atoms with Gasteiger partial charge < -0.3 is 5.11 Å². The van der Waals surface area contributed by atoms with E-state index in [1.54, 1.807) is 20.8 Å². The standard InChI is InChI=1S/C8H16F2O/c1-6(5-11)8(2,3)4-7(9)10/h6-7,11H,4-5H2,1-3H3/t6-/m0/s1. The average Bonchev–Trinajstić information content (AvgIpc) is 1.83. The van der Waals surface area contributed by atoms with Gasteiger partial charge in [0.15, 0.2) is 0 Å². The Hall–Kier alpha value is -0.180. The number of rotatable bonds is 4. The van der Waals surface area contributed by atoms with Crippen LogP contribution in [0, 0.1) is 11.3 Å². The van der Waals surface area contributed by atoms with E-state index in [2.05, 4.69) is 0 Å². The fourth-order valence-corrected chi connectivity index (χ4v) is 0.846. The Labute approximate surface area is 66.4 Å². The lowest BCUT2D eigenvalue weighted by atomic mass is 9.78. The molecule has 0 saturated carbocycles. The molecule has 3 heteroatoms. The molecule has 0 heterocycles. The van der Waals surface area contributed by atoms with Gasteiger partial charge in [0.2, 0.25) is 6.43 Å². The van der Waals surface area contributed by atoms with Crippen molar-refractivity contribution in [2.45, 2.75) is 33.6 Å². The van der Waals surface area contributed by atoms with Crippen LogP contribution in [-0.4, -0.2) is 18.1 Å². The van der Waals surface area contributed by atoms with Gasteiger partial charge in [-0.15, -0.1) is 0 Å². The van der Waals surface area contributed by atoms with Crippen LogP contribution in [0.25, 0.3) is 0 Å². The number of hydrogen-bond acceptors (Lipinski definition) is 1. The van der Waals surface area contributed by atoms with Crippen LogP contribution in [0.15, 0.2) is 0 Å². The zero-order chi connectivity index (χ0) is 9.07. The minimum absolute atomic E-state index is 0.0281. The molecule has 0 amide bonds. The highest BCUT2D eigenvalue weighted by molar-refractivity contribution is 4.75. The molecule has 0 aliphatic carbocycles. The molecule has 0 aliphatic heterocycles. The van der Waals surface area contributed by atoms with Crippen molar-refractivity contribution in [1.29, 1.82) is 0 Å². The smallest absolute Gasteiger partial charge is 0.239 e. The third kappa shape index (κ3) is 3.65. The lowest BCUT2D eigenvalue weighted by Gasteiger charge is -2.29. The molecule has 0 aromatic rings. The topological polar surface area (TPSA) is 20.2 Å². The van der Waals surface area contributed by atoms with Gasteiger partial charge in [-0.2, -0.15) is 0 Å². The first kappa shape index (κ1) is 10.8. The highest BCUT2D eigenvalue weighted by Crippen LogP contribution is 2.32. The van der Waals surface area contributed by atoms with E-state index < -0.39 is 11.8 Å². The fourth-order valence-electron chi connectivity index (χ4n) is 0.846. The Morgan fingerprint density at radius 1 is 1.36 bits per heavy atom. The molecule has 1 N–H and O–H groups in total. The molecule has 0 saturated heterocycles. The Morgan fingerprint density at radius 3 is 2.09 bits per heavy atom. The van der Waals surface area contributed by atoms with Gasteiger partial charge in [-0.1, -0.05) is 20.8 Å². The zero-order valence-corrected chi connectivity index (χ0v) is 7.27. The molecule has 1 nitrogen and oxygen atoms in total. The predicted molar refractivity (Wildman–Crippen MR) is 40.7 cm³/mol. The molecular weight excluding hydrogens is 150 g/mol. The Kier molecular flexibility index (Phi) is 3.93. The second-order valence-corrected chi connectivity index (χ2v) is 3.67. The first-order valence-corrected chi connectivity index (χ1v) is 3.79. The van der Waals surface area contributed by atoms with Crippen molar-refractivity contribution in [2.24, 2.45) is 11.3 Å². The van der Waals surface area contributed by atoms with Crippen molar-refractivity contribution < 1.29 is 13.9 Å². The van der Waals surface area contributed by atoms with E-state index in [0.717, 1.165) is 0 Å². The predicted octanol–water partition coefficient (Wildman–Crippen LogP) is 2.30. The number of alkyl halides is 2. The summed E-state index contributed by atoms with van der Waals surface area (Å²) in [4.78, 5) is 0. The molecule has 0 aromatic heterocycles. The van der Waals surface area contributed by atoms with Crippen LogP contribution in [0.1, 0.15) is 27.2 Å². The molecule has 0 aromatic carbocycles. The molecule has 0 bridgehead atoms. The summed E-state index contributed by atoms with van der Waals surface area (Å²) < 4.78 is 23.9. The summed E-state index contributed by atoms with van der Waals surface area (Å²) in [5.74, 6) is -0.0727. The van der Waals surface area contributed by atoms with Crippen LogP contribution in [0.5, 0.6) is 0 Å². The number of halogens is 2. The van der Waals surface area contributed by atoms with Gasteiger partial charge in [-0.3, -0.25) is 0 Å². The Morgan fingerprint density at radius 2 is 1.82 bits per heavy atom. The molecule has 0 radical (unpaired) electrons. The van der Waals surface area contributed by atoms with Crippen LogP contribution >= 0.6 is 0 Å². The van der Waals surface area contributed by atoms with Gasteiger partial charge in [0.1, 0.15) is 0 Å². The maximum atomic E-state index is 11.9. The molecular formula is C8H16F2O. The van der Waals surface area contributed by atoms with Gasteiger partial charge in [0.05, 0.1) is 0 Å². The molecule has 0 unspecified atom stereocenters. The van der Waals surface area contributed by atoms with Gasteiger partial charge in [-0.05, 0) is 11.3 Å². The highest BCUT2D eigenvalue weighted by atomic mass is 19.3. The van der Waals surface area contributed by atoms with E-state index in [9.17, 15) is 8.78 Å². The third-order valence-electron chi connectivity index (χ3n) is 2.29. The minimum Gasteiger partial charge on any atom is -0.396 e. The van der Waals surface area contributed by atoms with E-state index in [4.69, 9.17) is 5.11 Å². The van der Waals surface area contributed by atoms with Crippen LogP contribution in [0.2, 0.25) is 0 Å². The number of hydrogen-bond donors (Lipinski definition) is 1. The minimum atomic E-state index is -2.28. The van der Waals surface area contributed by atoms with Crippen molar-refractivity contribution in [1.82, 2.24) is 0 Å². The highest BCUT2D eigenvalue weighted by Gasteiger charge is 2.28. The monoisotopic (exact) mass is 166 g/mol. The quantitative estimate of drug-likeness (QED) is 0.679. The van der Waals surface area contributed by atoms with E-state index in [1.807, 2.05) is 0 Å². The second kappa shape index (κ2) is 4.00. The van der Waals surface area contributed by atoms with Crippen LogP contribution in [-0.2, 0) is 0 Å². The SMILES string of the molecule is C[C@@H](CO)C(C)(C)CC(F)F. The number of aliphatic hydroxyl groups is 1. The lowest BCUT2D eigenvalue weighted by molar-refractivity contribution is 0.0418. The van der Waals surface area contributed by atoms with Crippen molar-refractivity contribution >= 4 is 0 Å². The number of aliphatic hydroxyl groups excluding tert-OH is 1. The van der Waals surface area contributed by atoms with Gasteiger partial charge in [0.25, 0.3) is 0 Å². The van der Waals surface area contributed by atoms with Crippen LogP contribution in [0.3, 0.4) is 0 Å². The Balaban J connectivity index is 3.98. The molecule has 0 fully saturated rings. The first-order chi connectivity index (χ1) is 4.90. The molecule has 11 heavy (non-hydrogen) atoms. The first-order valence-electron chi connectivity index (χ1n) is 3.79. The summed E-state index contributed by atoms with van der Waals surface area (Å²) in [5.41, 5.74) is -0.469. The maximum Gasteiger partial charge on any atom is 0.239 e. The van der Waals surface area contributed by atoms with E-state index >= 15 is 0 Å². The lowest BCUT2D eigenvalue weighted by Crippen LogP contribution is -2.26. The average molecular weight is 166 g/mol. The van der Waals surface area contributed by atoms with Gasteiger partial charge >= 0.3 is 0 Å². The summed E-state index contributed by atoms with van der Waals surface area (Å²) in [5, 5.41) is 8.74. The fraction of sp³-hybridized carbons (Fsp3) is 1.00. The zero-order valence-electron chi connectivity index (χ0n) is 7.27. The van der Waals surface area contributed by atoms with Crippen molar-refractivity contribution in [3.63, 3.8) is 0 Å². The van der Waals surface area contributed by atoms with E-state index in [0.29, 0.717) is 0 Å². The molecule has 1 atom stereocenters. The van der Waals surface area contributed by atoms with Crippen LogP contribution < -0.4 is 0 Å². The van der Waals surface area contributed by atoms with Crippen LogP contribution in [0.4, 0.5) is 8.78 Å². The van der Waals surface area contributed by atoms with Gasteiger partial charge in [0, 0.05) is 13.0 Å². The third-order valence-corrected chi connectivity index (χ3v) is 2.29. The van der Waals surface area contributed by atoms with Crippen molar-refractivity contribution in [3.8, 4) is 0 Å². The molecule has 0 aliphatic rings. The summed E-state index contributed by atoms with van der Waals surface area (Å²) in [6, 6.07) is 0. The van der Waals surface area contributed by atoms with E-state index in [-0.39, 0.29) is 18.9 Å². The summed E-state index contributed by atoms with van der Waals surface area (Å²) in [7, 11) is 0. The molecule has 0 rings (SSSR count). The summed E-state index contributed by atoms with van der Waals surface area (Å²) >= 11 is 0. The normalized spacial score (nSPS) is 15.5. The largest absolute Gasteiger partial charge is 0.396 e. The summed E-state index contributed by atoms with van der Waals surface area (Å²) in [6.07, 6.45) is -2.42. The maximum absolute atomic E-state index is 11.9. The Bertz CT molecular complexity index is 113. The molecule has 0 spiro atoms. The van der Waals surface area contributed by atoms with Gasteiger partial charge in [-0.25, -0.2) is 8.78 Å². The second-order valence-electron chi connectivity index (χ2n) is 3.67. The summed E-state index contributed by atoms with van der Waals surface area (Å²) in [6.45, 7) is 5.25. The molecule has 68 valence electrons.